The Kier molecular flexibility index (Phi) is 5.71. The van der Waals surface area contributed by atoms with Gasteiger partial charge in [-0.1, -0.05) is 29.8 Å². The molecule has 2 N–H and O–H groups in total. The first-order chi connectivity index (χ1) is 15.5. The molecule has 0 atom stereocenters. The van der Waals surface area contributed by atoms with Crippen LogP contribution >= 0.6 is 34.3 Å². The fourth-order valence-corrected chi connectivity index (χ4v) is 6.58. The van der Waals surface area contributed by atoms with Crippen molar-refractivity contribution in [2.45, 2.75) is 32.3 Å². The Morgan fingerprint density at radius 2 is 2.00 bits per heavy atom. The van der Waals surface area contributed by atoms with Crippen molar-refractivity contribution in [3.05, 3.63) is 60.8 Å². The standard InChI is InChI=1S/C22H18ClN3O4S2/c23-18-12-6-2-4-8-14(12)31-19(18)21(29)24-9-16(27)30-10-15-25-20(28)17-11-5-1-3-7-13(11)32-22(17)26-15/h2,4,6,8H,1,3,5,7,9-10H2,(H,24,29)(H,25,26,28). The van der Waals surface area contributed by atoms with Crippen LogP contribution in [0.3, 0.4) is 0 Å². The largest absolute Gasteiger partial charge is 0.456 e. The lowest BCUT2D eigenvalue weighted by Gasteiger charge is -2.09. The number of halogens is 1. The number of benzene rings is 1. The molecule has 164 valence electrons. The summed E-state index contributed by atoms with van der Waals surface area (Å²) in [5, 5.41) is 4.36. The van der Waals surface area contributed by atoms with Crippen molar-refractivity contribution in [1.82, 2.24) is 15.3 Å². The van der Waals surface area contributed by atoms with Crippen molar-refractivity contribution in [2.24, 2.45) is 0 Å². The van der Waals surface area contributed by atoms with E-state index in [9.17, 15) is 14.4 Å². The van der Waals surface area contributed by atoms with Crippen molar-refractivity contribution in [2.75, 3.05) is 6.54 Å². The minimum atomic E-state index is -0.635. The van der Waals surface area contributed by atoms with Gasteiger partial charge in [0.1, 0.15) is 28.7 Å². The molecule has 7 nitrogen and oxygen atoms in total. The molecule has 0 saturated carbocycles. The van der Waals surface area contributed by atoms with E-state index in [-0.39, 0.29) is 24.5 Å². The first kappa shape index (κ1) is 21.1. The summed E-state index contributed by atoms with van der Waals surface area (Å²) in [6.45, 7) is -0.491. The summed E-state index contributed by atoms with van der Waals surface area (Å²) in [5.41, 5.74) is 0.907. The number of amides is 1. The maximum atomic E-state index is 12.6. The van der Waals surface area contributed by atoms with E-state index in [1.165, 1.54) is 27.6 Å². The molecule has 1 aliphatic carbocycles. The number of H-pyrrole nitrogens is 1. The first-order valence-electron chi connectivity index (χ1n) is 10.2. The summed E-state index contributed by atoms with van der Waals surface area (Å²) in [4.78, 5) is 46.6. The Hall–Kier alpha value is -2.75. The molecule has 5 rings (SSSR count). The predicted octanol–water partition coefficient (Wildman–Crippen LogP) is 4.20. The number of aromatic nitrogens is 2. The number of rotatable bonds is 5. The highest BCUT2D eigenvalue weighted by atomic mass is 35.5. The molecule has 0 spiro atoms. The number of aromatic amines is 1. The van der Waals surface area contributed by atoms with E-state index < -0.39 is 11.9 Å². The zero-order chi connectivity index (χ0) is 22.2. The van der Waals surface area contributed by atoms with Gasteiger partial charge >= 0.3 is 5.97 Å². The maximum absolute atomic E-state index is 12.6. The predicted molar refractivity (Wildman–Crippen MR) is 126 cm³/mol. The van der Waals surface area contributed by atoms with Crippen molar-refractivity contribution in [1.29, 1.82) is 0 Å². The molecule has 0 saturated heterocycles. The second-order valence-electron chi connectivity index (χ2n) is 7.49. The molecule has 0 aliphatic heterocycles. The van der Waals surface area contributed by atoms with Gasteiger partial charge < -0.3 is 15.0 Å². The fourth-order valence-electron chi connectivity index (χ4n) is 3.87. The zero-order valence-corrected chi connectivity index (χ0v) is 19.2. The number of hydrogen-bond acceptors (Lipinski definition) is 7. The van der Waals surface area contributed by atoms with Gasteiger partial charge in [0.2, 0.25) is 0 Å². The minimum absolute atomic E-state index is 0.175. The van der Waals surface area contributed by atoms with Gasteiger partial charge in [-0.25, -0.2) is 4.98 Å². The number of aryl methyl sites for hydroxylation is 2. The Bertz CT molecular complexity index is 1420. The maximum Gasteiger partial charge on any atom is 0.325 e. The molecule has 4 aromatic rings. The second kappa shape index (κ2) is 8.65. The van der Waals surface area contributed by atoms with Crippen LogP contribution in [0.5, 0.6) is 0 Å². The Morgan fingerprint density at radius 1 is 1.19 bits per heavy atom. The molecule has 1 aliphatic rings. The van der Waals surface area contributed by atoms with Gasteiger partial charge in [0, 0.05) is 15.0 Å². The van der Waals surface area contributed by atoms with Crippen molar-refractivity contribution in [3.63, 3.8) is 0 Å². The van der Waals surface area contributed by atoms with Gasteiger partial charge in [0.05, 0.1) is 10.4 Å². The molecule has 32 heavy (non-hydrogen) atoms. The lowest BCUT2D eigenvalue weighted by Crippen LogP contribution is -2.30. The highest BCUT2D eigenvalue weighted by molar-refractivity contribution is 7.21. The molecule has 3 heterocycles. The van der Waals surface area contributed by atoms with Crippen LogP contribution in [0.1, 0.15) is 38.8 Å². The van der Waals surface area contributed by atoms with Gasteiger partial charge in [-0.05, 0) is 37.3 Å². The highest BCUT2D eigenvalue weighted by Crippen LogP contribution is 2.35. The highest BCUT2D eigenvalue weighted by Gasteiger charge is 2.21. The normalized spacial score (nSPS) is 13.3. The molecular weight excluding hydrogens is 470 g/mol. The van der Waals surface area contributed by atoms with Gasteiger partial charge in [-0.15, -0.1) is 22.7 Å². The summed E-state index contributed by atoms with van der Waals surface area (Å²) in [6, 6.07) is 7.44. The van der Waals surface area contributed by atoms with E-state index in [1.807, 2.05) is 24.3 Å². The monoisotopic (exact) mass is 487 g/mol. The molecule has 0 fully saturated rings. The van der Waals surface area contributed by atoms with E-state index in [4.69, 9.17) is 16.3 Å². The number of nitrogens with zero attached hydrogens (tertiary/aromatic N) is 1. The van der Waals surface area contributed by atoms with Gasteiger partial charge in [0.25, 0.3) is 11.5 Å². The molecule has 0 bridgehead atoms. The van der Waals surface area contributed by atoms with E-state index in [2.05, 4.69) is 15.3 Å². The molecule has 10 heteroatoms. The van der Waals surface area contributed by atoms with Gasteiger partial charge in [0.15, 0.2) is 0 Å². The summed E-state index contributed by atoms with van der Waals surface area (Å²) in [7, 11) is 0. The number of ether oxygens (including phenoxy) is 1. The molecule has 0 unspecified atom stereocenters. The van der Waals surface area contributed by atoms with Crippen LogP contribution in [0.2, 0.25) is 5.02 Å². The number of fused-ring (bicyclic) bond motifs is 4. The fraction of sp³-hybridized carbons (Fsp3) is 0.273. The Balaban J connectivity index is 1.22. The van der Waals surface area contributed by atoms with Crippen LogP contribution in [0.25, 0.3) is 20.3 Å². The second-order valence-corrected chi connectivity index (χ2v) is 10.0. The summed E-state index contributed by atoms with van der Waals surface area (Å²) in [5.74, 6) is -0.789. The van der Waals surface area contributed by atoms with Crippen LogP contribution < -0.4 is 10.9 Å². The average Bonchev–Trinajstić information content (AvgIpc) is 3.34. The summed E-state index contributed by atoms with van der Waals surface area (Å²) < 4.78 is 6.09. The number of esters is 1. The number of nitrogens with one attached hydrogen (secondary N) is 2. The van der Waals surface area contributed by atoms with Crippen LogP contribution in [0, 0.1) is 0 Å². The zero-order valence-electron chi connectivity index (χ0n) is 16.8. The number of thiophene rings is 2. The van der Waals surface area contributed by atoms with E-state index in [0.29, 0.717) is 20.1 Å². The van der Waals surface area contributed by atoms with Crippen LogP contribution in [0.15, 0.2) is 29.1 Å². The van der Waals surface area contributed by atoms with Crippen LogP contribution in [-0.2, 0) is 29.0 Å². The number of hydrogen-bond donors (Lipinski definition) is 2. The molecule has 3 aromatic heterocycles. The van der Waals surface area contributed by atoms with Crippen LogP contribution in [0.4, 0.5) is 0 Å². The van der Waals surface area contributed by atoms with Gasteiger partial charge in [-0.3, -0.25) is 14.4 Å². The Morgan fingerprint density at radius 3 is 2.84 bits per heavy atom. The quantitative estimate of drug-likeness (QED) is 0.411. The molecule has 1 aromatic carbocycles. The lowest BCUT2D eigenvalue weighted by atomic mass is 9.97. The first-order valence-corrected chi connectivity index (χ1v) is 12.2. The summed E-state index contributed by atoms with van der Waals surface area (Å²) in [6.07, 6.45) is 4.08. The van der Waals surface area contributed by atoms with E-state index in [0.717, 1.165) is 41.3 Å². The third-order valence-corrected chi connectivity index (χ3v) is 8.24. The smallest absolute Gasteiger partial charge is 0.325 e. The van der Waals surface area contributed by atoms with Crippen molar-refractivity contribution in [3.8, 4) is 0 Å². The van der Waals surface area contributed by atoms with Crippen LogP contribution in [-0.4, -0.2) is 28.4 Å². The third kappa shape index (κ3) is 3.92. The Labute approximate surface area is 195 Å². The number of carbonyl (C=O) groups is 2. The van der Waals surface area contributed by atoms with Crippen molar-refractivity contribution >= 4 is 66.5 Å². The molecular formula is C22H18ClN3O4S2. The third-order valence-electron chi connectivity index (χ3n) is 5.38. The SMILES string of the molecule is O=C(CNC(=O)c1sc2ccccc2c1Cl)OCc1nc2sc3c(c2c(=O)[nH]1)CCCC3. The molecule has 1 amide bonds. The van der Waals surface area contributed by atoms with Gasteiger partial charge in [-0.2, -0.15) is 0 Å². The minimum Gasteiger partial charge on any atom is -0.456 e. The van der Waals surface area contributed by atoms with Crippen molar-refractivity contribution < 1.29 is 14.3 Å². The average molecular weight is 488 g/mol. The van der Waals surface area contributed by atoms with E-state index >= 15 is 0 Å². The number of carbonyl (C=O) groups excluding carboxylic acids is 2. The summed E-state index contributed by atoms with van der Waals surface area (Å²) >= 11 is 9.10. The lowest BCUT2D eigenvalue weighted by molar-refractivity contribution is -0.143. The molecule has 0 radical (unpaired) electrons. The topological polar surface area (TPSA) is 101 Å². The van der Waals surface area contributed by atoms with E-state index in [1.54, 1.807) is 0 Å².